The second-order valence-corrected chi connectivity index (χ2v) is 3.11. The van der Waals surface area contributed by atoms with Crippen LogP contribution >= 0.6 is 0 Å². The van der Waals surface area contributed by atoms with Gasteiger partial charge >= 0.3 is 0 Å². The molecule has 62 valence electrons. The third-order valence-electron chi connectivity index (χ3n) is 1.51. The summed E-state index contributed by atoms with van der Waals surface area (Å²) in [5.74, 6) is 1.37. The molecule has 0 radical (unpaired) electrons. The monoisotopic (exact) mass is 154 g/mol. The Kier molecular flexibility index (Phi) is 2.59. The third-order valence-corrected chi connectivity index (χ3v) is 1.51. The van der Waals surface area contributed by atoms with Crippen molar-refractivity contribution in [2.45, 2.75) is 26.3 Å². The van der Waals surface area contributed by atoms with E-state index in [9.17, 15) is 0 Å². The van der Waals surface area contributed by atoms with Gasteiger partial charge in [0.2, 0.25) is 0 Å². The van der Waals surface area contributed by atoms with E-state index < -0.39 is 0 Å². The maximum atomic E-state index is 5.81. The number of hydrogen-bond donors (Lipinski definition) is 2. The summed E-state index contributed by atoms with van der Waals surface area (Å²) in [6, 6.07) is -0.00231. The molecule has 0 bridgehead atoms. The Balaban J connectivity index is 2.49. The molecule has 0 fully saturated rings. The molecule has 0 saturated carbocycles. The first kappa shape index (κ1) is 8.20. The second kappa shape index (κ2) is 3.48. The molecule has 1 aromatic heterocycles. The van der Waals surface area contributed by atoms with Gasteiger partial charge in [-0.3, -0.25) is 5.10 Å². The van der Waals surface area contributed by atoms with Crippen LogP contribution in [0.3, 0.4) is 0 Å². The summed E-state index contributed by atoms with van der Waals surface area (Å²) in [6.45, 7) is 4.27. The number of aromatic nitrogens is 3. The lowest BCUT2D eigenvalue weighted by molar-refractivity contribution is 0.494. The number of aromatic amines is 1. The number of nitrogens with zero attached hydrogens (tertiary/aromatic N) is 2. The zero-order valence-corrected chi connectivity index (χ0v) is 6.91. The van der Waals surface area contributed by atoms with E-state index in [1.54, 1.807) is 0 Å². The average Bonchev–Trinajstić information content (AvgIpc) is 2.35. The zero-order valence-electron chi connectivity index (χ0n) is 6.91. The van der Waals surface area contributed by atoms with Gasteiger partial charge in [0.05, 0.1) is 6.04 Å². The van der Waals surface area contributed by atoms with Crippen LogP contribution in [0.2, 0.25) is 0 Å². The molecule has 0 unspecified atom stereocenters. The predicted molar refractivity (Wildman–Crippen MR) is 42.8 cm³/mol. The molecule has 0 amide bonds. The molecule has 11 heavy (non-hydrogen) atoms. The van der Waals surface area contributed by atoms with Crippen LogP contribution in [0.25, 0.3) is 0 Å². The van der Waals surface area contributed by atoms with E-state index in [1.807, 2.05) is 0 Å². The highest BCUT2D eigenvalue weighted by Gasteiger charge is 2.09. The predicted octanol–water partition coefficient (Wildman–Crippen LogP) is 0.851. The van der Waals surface area contributed by atoms with Gasteiger partial charge in [0.15, 0.2) is 0 Å². The first-order valence-corrected chi connectivity index (χ1v) is 3.81. The Bertz CT molecular complexity index is 192. The van der Waals surface area contributed by atoms with E-state index in [0.717, 1.165) is 12.2 Å². The van der Waals surface area contributed by atoms with E-state index in [-0.39, 0.29) is 6.04 Å². The van der Waals surface area contributed by atoms with Gasteiger partial charge in [-0.15, -0.1) is 0 Å². The van der Waals surface area contributed by atoms with Gasteiger partial charge < -0.3 is 5.73 Å². The van der Waals surface area contributed by atoms with Crippen LogP contribution in [0.1, 0.15) is 32.1 Å². The number of hydrogen-bond acceptors (Lipinski definition) is 3. The molecular weight excluding hydrogens is 140 g/mol. The molecule has 3 N–H and O–H groups in total. The summed E-state index contributed by atoms with van der Waals surface area (Å²) in [5.41, 5.74) is 5.81. The van der Waals surface area contributed by atoms with Crippen LogP contribution in [-0.2, 0) is 0 Å². The van der Waals surface area contributed by atoms with Crippen molar-refractivity contribution in [2.24, 2.45) is 11.7 Å². The van der Waals surface area contributed by atoms with E-state index in [1.165, 1.54) is 6.33 Å². The van der Waals surface area contributed by atoms with Crippen molar-refractivity contribution >= 4 is 0 Å². The number of rotatable bonds is 3. The van der Waals surface area contributed by atoms with Gasteiger partial charge in [0.25, 0.3) is 0 Å². The van der Waals surface area contributed by atoms with Crippen LogP contribution < -0.4 is 5.73 Å². The molecule has 1 aromatic rings. The van der Waals surface area contributed by atoms with Crippen LogP contribution in [0.15, 0.2) is 6.33 Å². The SMILES string of the molecule is CC(C)C[C@H](N)c1ncn[nH]1. The fourth-order valence-electron chi connectivity index (χ4n) is 1.01. The maximum Gasteiger partial charge on any atom is 0.141 e. The topological polar surface area (TPSA) is 67.6 Å². The number of H-pyrrole nitrogens is 1. The van der Waals surface area contributed by atoms with Crippen LogP contribution in [0, 0.1) is 5.92 Å². The molecule has 4 heteroatoms. The number of nitrogens with one attached hydrogen (secondary N) is 1. The van der Waals surface area contributed by atoms with Gasteiger partial charge in [-0.1, -0.05) is 13.8 Å². The highest BCUT2D eigenvalue weighted by atomic mass is 15.2. The van der Waals surface area contributed by atoms with Gasteiger partial charge in [-0.2, -0.15) is 5.10 Å². The smallest absolute Gasteiger partial charge is 0.141 e. The lowest BCUT2D eigenvalue weighted by atomic mass is 10.0. The summed E-state index contributed by atoms with van der Waals surface area (Å²) < 4.78 is 0. The van der Waals surface area contributed by atoms with Crippen molar-refractivity contribution in [3.05, 3.63) is 12.2 Å². The van der Waals surface area contributed by atoms with Crippen LogP contribution in [0.5, 0.6) is 0 Å². The lowest BCUT2D eigenvalue weighted by Crippen LogP contribution is -2.14. The zero-order chi connectivity index (χ0) is 8.27. The third kappa shape index (κ3) is 2.31. The molecule has 4 nitrogen and oxygen atoms in total. The fourth-order valence-corrected chi connectivity index (χ4v) is 1.01. The quantitative estimate of drug-likeness (QED) is 0.678. The Labute approximate surface area is 66.2 Å². The first-order chi connectivity index (χ1) is 5.20. The largest absolute Gasteiger partial charge is 0.321 e. The Morgan fingerprint density at radius 3 is 2.82 bits per heavy atom. The van der Waals surface area contributed by atoms with Crippen molar-refractivity contribution in [3.63, 3.8) is 0 Å². The van der Waals surface area contributed by atoms with E-state index >= 15 is 0 Å². The van der Waals surface area contributed by atoms with Gasteiger partial charge in [-0.25, -0.2) is 4.98 Å². The maximum absolute atomic E-state index is 5.81. The molecule has 0 aliphatic carbocycles. The minimum Gasteiger partial charge on any atom is -0.321 e. The van der Waals surface area contributed by atoms with Crippen LogP contribution in [-0.4, -0.2) is 15.2 Å². The summed E-state index contributed by atoms with van der Waals surface area (Å²) in [4.78, 5) is 3.98. The molecule has 0 aliphatic heterocycles. The van der Waals surface area contributed by atoms with Gasteiger partial charge in [-0.05, 0) is 12.3 Å². The average molecular weight is 154 g/mol. The number of nitrogens with two attached hydrogens (primary N) is 1. The Hall–Kier alpha value is -0.900. The second-order valence-electron chi connectivity index (χ2n) is 3.11. The van der Waals surface area contributed by atoms with Crippen molar-refractivity contribution in [3.8, 4) is 0 Å². The summed E-state index contributed by atoms with van der Waals surface area (Å²) in [7, 11) is 0. The standard InChI is InChI=1S/C7H14N4/c1-5(2)3-6(8)7-9-4-10-11-7/h4-6H,3,8H2,1-2H3,(H,9,10,11)/t6-/m0/s1. The minimum atomic E-state index is -0.00231. The molecule has 1 rings (SSSR count). The molecule has 1 atom stereocenters. The van der Waals surface area contributed by atoms with Crippen molar-refractivity contribution < 1.29 is 0 Å². The van der Waals surface area contributed by atoms with Gasteiger partial charge in [0.1, 0.15) is 12.2 Å². The van der Waals surface area contributed by atoms with Crippen LogP contribution in [0.4, 0.5) is 0 Å². The molecule has 0 aromatic carbocycles. The van der Waals surface area contributed by atoms with E-state index in [4.69, 9.17) is 5.73 Å². The Morgan fingerprint density at radius 2 is 2.36 bits per heavy atom. The molecular formula is C7H14N4. The van der Waals surface area contributed by atoms with Crippen molar-refractivity contribution in [1.82, 2.24) is 15.2 Å². The molecule has 0 aliphatic rings. The normalized spacial score (nSPS) is 13.8. The van der Waals surface area contributed by atoms with Gasteiger partial charge in [0, 0.05) is 0 Å². The molecule has 1 heterocycles. The highest BCUT2D eigenvalue weighted by Crippen LogP contribution is 2.13. The summed E-state index contributed by atoms with van der Waals surface area (Å²) >= 11 is 0. The molecule has 0 saturated heterocycles. The first-order valence-electron chi connectivity index (χ1n) is 3.81. The lowest BCUT2D eigenvalue weighted by Gasteiger charge is -2.09. The Morgan fingerprint density at radius 1 is 1.64 bits per heavy atom. The minimum absolute atomic E-state index is 0.00231. The van der Waals surface area contributed by atoms with Crippen molar-refractivity contribution in [1.29, 1.82) is 0 Å². The van der Waals surface area contributed by atoms with Crippen molar-refractivity contribution in [2.75, 3.05) is 0 Å². The molecule has 0 spiro atoms. The van der Waals surface area contributed by atoms with E-state index in [2.05, 4.69) is 29.0 Å². The highest BCUT2D eigenvalue weighted by molar-refractivity contribution is 4.89. The fraction of sp³-hybridized carbons (Fsp3) is 0.714. The van der Waals surface area contributed by atoms with E-state index in [0.29, 0.717) is 5.92 Å². The summed E-state index contributed by atoms with van der Waals surface area (Å²) in [6.07, 6.45) is 2.42. The summed E-state index contributed by atoms with van der Waals surface area (Å²) in [5, 5.41) is 6.49.